The number of hydrogen-bond acceptors (Lipinski definition) is 6. The third-order valence-electron chi connectivity index (χ3n) is 5.92. The van der Waals surface area contributed by atoms with Gasteiger partial charge in [0, 0.05) is 54.7 Å². The van der Waals surface area contributed by atoms with Crippen LogP contribution in [0.3, 0.4) is 0 Å². The molecule has 0 unspecified atom stereocenters. The SMILES string of the molecule is COc1cc(OC)cc(C(=O)NC(=S)Nc2ccc(N3CCN(C(=O)c4ccccc4)CC3)cc2)c1. The number of carbonyl (C=O) groups excluding carboxylic acids is 2. The number of piperazine rings is 1. The molecule has 0 atom stereocenters. The number of nitrogens with zero attached hydrogens (tertiary/aromatic N) is 2. The second-order valence-electron chi connectivity index (χ2n) is 8.20. The molecular formula is C27H28N4O4S. The normalized spacial score (nSPS) is 13.1. The summed E-state index contributed by atoms with van der Waals surface area (Å²) in [4.78, 5) is 29.4. The number of amides is 2. The van der Waals surface area contributed by atoms with Gasteiger partial charge >= 0.3 is 0 Å². The summed E-state index contributed by atoms with van der Waals surface area (Å²) in [6.45, 7) is 2.84. The summed E-state index contributed by atoms with van der Waals surface area (Å²) < 4.78 is 10.4. The van der Waals surface area contributed by atoms with Crippen LogP contribution in [0.25, 0.3) is 0 Å². The minimum Gasteiger partial charge on any atom is -0.497 e. The van der Waals surface area contributed by atoms with Crippen LogP contribution in [0.5, 0.6) is 11.5 Å². The van der Waals surface area contributed by atoms with Gasteiger partial charge in [-0.15, -0.1) is 0 Å². The number of anilines is 2. The van der Waals surface area contributed by atoms with Crippen LogP contribution in [0, 0.1) is 0 Å². The Morgan fingerprint density at radius 1 is 0.806 bits per heavy atom. The molecule has 9 heteroatoms. The lowest BCUT2D eigenvalue weighted by molar-refractivity contribution is 0.0746. The number of methoxy groups -OCH3 is 2. The summed E-state index contributed by atoms with van der Waals surface area (Å²) in [5.74, 6) is 0.723. The zero-order valence-corrected chi connectivity index (χ0v) is 21.0. The fourth-order valence-corrected chi connectivity index (χ4v) is 4.17. The molecule has 2 N–H and O–H groups in total. The van der Waals surface area contributed by atoms with Crippen LogP contribution in [-0.2, 0) is 0 Å². The van der Waals surface area contributed by atoms with Gasteiger partial charge in [-0.05, 0) is 60.7 Å². The molecule has 4 rings (SSSR count). The Balaban J connectivity index is 1.29. The molecule has 186 valence electrons. The molecule has 1 heterocycles. The van der Waals surface area contributed by atoms with E-state index >= 15 is 0 Å². The number of hydrogen-bond donors (Lipinski definition) is 2. The van der Waals surface area contributed by atoms with Crippen molar-refractivity contribution in [3.63, 3.8) is 0 Å². The highest BCUT2D eigenvalue weighted by Gasteiger charge is 2.22. The minimum atomic E-state index is -0.371. The van der Waals surface area contributed by atoms with Gasteiger partial charge in [0.25, 0.3) is 11.8 Å². The first-order chi connectivity index (χ1) is 17.5. The Morgan fingerprint density at radius 3 is 2.00 bits per heavy atom. The van der Waals surface area contributed by atoms with E-state index in [0.29, 0.717) is 30.2 Å². The van der Waals surface area contributed by atoms with Gasteiger partial charge in [-0.3, -0.25) is 14.9 Å². The molecule has 3 aromatic rings. The molecule has 1 saturated heterocycles. The summed E-state index contributed by atoms with van der Waals surface area (Å²) >= 11 is 5.32. The number of thiocarbonyl (C=S) groups is 1. The number of benzene rings is 3. The van der Waals surface area contributed by atoms with Gasteiger partial charge in [0.15, 0.2) is 5.11 Å². The summed E-state index contributed by atoms with van der Waals surface area (Å²) in [5.41, 5.74) is 2.90. The van der Waals surface area contributed by atoms with Crippen molar-refractivity contribution in [1.29, 1.82) is 0 Å². The van der Waals surface area contributed by atoms with E-state index in [1.807, 2.05) is 59.5 Å². The average molecular weight is 505 g/mol. The second-order valence-corrected chi connectivity index (χ2v) is 8.61. The maximum atomic E-state index is 12.7. The molecule has 0 saturated carbocycles. The van der Waals surface area contributed by atoms with Gasteiger partial charge in [0.1, 0.15) is 11.5 Å². The van der Waals surface area contributed by atoms with Crippen LogP contribution < -0.4 is 25.0 Å². The Kier molecular flexibility index (Phi) is 8.02. The molecule has 0 spiro atoms. The highest BCUT2D eigenvalue weighted by molar-refractivity contribution is 7.80. The molecular weight excluding hydrogens is 476 g/mol. The molecule has 1 aliphatic heterocycles. The van der Waals surface area contributed by atoms with E-state index in [4.69, 9.17) is 21.7 Å². The second kappa shape index (κ2) is 11.5. The maximum Gasteiger partial charge on any atom is 0.257 e. The van der Waals surface area contributed by atoms with Crippen LogP contribution in [0.4, 0.5) is 11.4 Å². The highest BCUT2D eigenvalue weighted by Crippen LogP contribution is 2.23. The first-order valence-corrected chi connectivity index (χ1v) is 11.9. The summed E-state index contributed by atoms with van der Waals surface area (Å²) in [7, 11) is 3.05. The van der Waals surface area contributed by atoms with Crippen LogP contribution in [0.1, 0.15) is 20.7 Å². The van der Waals surface area contributed by atoms with Crippen LogP contribution in [0.2, 0.25) is 0 Å². The Morgan fingerprint density at radius 2 is 1.42 bits per heavy atom. The van der Waals surface area contributed by atoms with Crippen molar-refractivity contribution >= 4 is 40.5 Å². The van der Waals surface area contributed by atoms with Crippen molar-refractivity contribution in [2.24, 2.45) is 0 Å². The molecule has 0 bridgehead atoms. The van der Waals surface area contributed by atoms with E-state index in [0.717, 1.165) is 30.0 Å². The van der Waals surface area contributed by atoms with E-state index in [2.05, 4.69) is 15.5 Å². The Labute approximate surface area is 215 Å². The molecule has 1 aliphatic rings. The number of ether oxygens (including phenoxy) is 2. The monoisotopic (exact) mass is 504 g/mol. The van der Waals surface area contributed by atoms with Crippen LogP contribution in [0.15, 0.2) is 72.8 Å². The Bertz CT molecular complexity index is 1200. The fourth-order valence-electron chi connectivity index (χ4n) is 3.96. The van der Waals surface area contributed by atoms with E-state index < -0.39 is 0 Å². The van der Waals surface area contributed by atoms with Crippen molar-refractivity contribution in [3.8, 4) is 11.5 Å². The van der Waals surface area contributed by atoms with Gasteiger partial charge in [-0.1, -0.05) is 18.2 Å². The average Bonchev–Trinajstić information content (AvgIpc) is 2.93. The van der Waals surface area contributed by atoms with E-state index in [1.165, 1.54) is 14.2 Å². The third kappa shape index (κ3) is 6.11. The summed E-state index contributed by atoms with van der Waals surface area (Å²) in [6, 6.07) is 22.1. The van der Waals surface area contributed by atoms with Crippen LogP contribution >= 0.6 is 12.2 Å². The summed E-state index contributed by atoms with van der Waals surface area (Å²) in [5, 5.41) is 5.90. The predicted octanol–water partition coefficient (Wildman–Crippen LogP) is 3.79. The lowest BCUT2D eigenvalue weighted by Gasteiger charge is -2.36. The van der Waals surface area contributed by atoms with Crippen LogP contribution in [-0.4, -0.2) is 62.2 Å². The number of nitrogens with one attached hydrogen (secondary N) is 2. The molecule has 8 nitrogen and oxygen atoms in total. The van der Waals surface area contributed by atoms with Gasteiger partial charge in [0.2, 0.25) is 0 Å². The van der Waals surface area contributed by atoms with E-state index in [9.17, 15) is 9.59 Å². The van der Waals surface area contributed by atoms with Crippen molar-refractivity contribution in [2.75, 3.05) is 50.6 Å². The zero-order valence-electron chi connectivity index (χ0n) is 20.2. The van der Waals surface area contributed by atoms with Gasteiger partial charge in [0.05, 0.1) is 14.2 Å². The molecule has 3 aromatic carbocycles. The molecule has 0 aromatic heterocycles. The van der Waals surface area contributed by atoms with E-state index in [1.54, 1.807) is 18.2 Å². The quantitative estimate of drug-likeness (QED) is 0.494. The maximum absolute atomic E-state index is 12.7. The van der Waals surface area contributed by atoms with Crippen molar-refractivity contribution in [1.82, 2.24) is 10.2 Å². The molecule has 2 amide bonds. The molecule has 0 aliphatic carbocycles. The molecule has 36 heavy (non-hydrogen) atoms. The molecule has 1 fully saturated rings. The molecule has 0 radical (unpaired) electrons. The van der Waals surface area contributed by atoms with E-state index in [-0.39, 0.29) is 16.9 Å². The highest BCUT2D eigenvalue weighted by atomic mass is 32.1. The number of carbonyl (C=O) groups is 2. The predicted molar refractivity (Wildman–Crippen MR) is 144 cm³/mol. The lowest BCUT2D eigenvalue weighted by Crippen LogP contribution is -2.48. The van der Waals surface area contributed by atoms with Crippen molar-refractivity contribution in [3.05, 3.63) is 83.9 Å². The Hall–Kier alpha value is -4.11. The lowest BCUT2D eigenvalue weighted by atomic mass is 10.1. The standard InChI is InChI=1S/C27H28N4O4S/c1-34-23-16-20(17-24(18-23)35-2)25(32)29-27(36)28-21-8-10-22(11-9-21)30-12-14-31(15-13-30)26(33)19-6-4-3-5-7-19/h3-11,16-18H,12-15H2,1-2H3,(H2,28,29,32,36). The summed E-state index contributed by atoms with van der Waals surface area (Å²) in [6.07, 6.45) is 0. The first-order valence-electron chi connectivity index (χ1n) is 11.5. The topological polar surface area (TPSA) is 83.1 Å². The number of rotatable bonds is 6. The van der Waals surface area contributed by atoms with Gasteiger partial charge in [-0.25, -0.2) is 0 Å². The fraction of sp³-hybridized carbons (Fsp3) is 0.222. The zero-order chi connectivity index (χ0) is 25.5. The van der Waals surface area contributed by atoms with Gasteiger partial charge < -0.3 is 24.6 Å². The third-order valence-corrected chi connectivity index (χ3v) is 6.12. The largest absolute Gasteiger partial charge is 0.497 e. The minimum absolute atomic E-state index is 0.0674. The van der Waals surface area contributed by atoms with Crippen molar-refractivity contribution in [2.45, 2.75) is 0 Å². The van der Waals surface area contributed by atoms with Crippen molar-refractivity contribution < 1.29 is 19.1 Å². The smallest absolute Gasteiger partial charge is 0.257 e. The van der Waals surface area contributed by atoms with Gasteiger partial charge in [-0.2, -0.15) is 0 Å². The first kappa shape index (κ1) is 25.0.